The Hall–Kier alpha value is -2.24. The van der Waals surface area contributed by atoms with Crippen LogP contribution in [0.15, 0.2) is 18.2 Å². The quantitative estimate of drug-likeness (QED) is 0.804. The average Bonchev–Trinajstić information content (AvgIpc) is 2.98. The van der Waals surface area contributed by atoms with E-state index in [4.69, 9.17) is 4.74 Å². The van der Waals surface area contributed by atoms with Crippen molar-refractivity contribution >= 4 is 23.2 Å². The maximum absolute atomic E-state index is 12.1. The fraction of sp³-hybridized carbons (Fsp3) is 0.556. The highest BCUT2D eigenvalue weighted by atomic mass is 16.5. The van der Waals surface area contributed by atoms with Gasteiger partial charge in [-0.3, -0.25) is 9.59 Å². The first kappa shape index (κ1) is 18.1. The summed E-state index contributed by atoms with van der Waals surface area (Å²) in [7, 11) is 1.59. The second kappa shape index (κ2) is 8.04. The number of hydrogen-bond donors (Lipinski definition) is 2. The van der Waals surface area contributed by atoms with Gasteiger partial charge in [0.2, 0.25) is 11.8 Å². The molecule has 1 aliphatic heterocycles. The summed E-state index contributed by atoms with van der Waals surface area (Å²) in [6, 6.07) is 5.21. The molecule has 1 heterocycles. The molecule has 0 aromatic heterocycles. The Bertz CT molecular complexity index is 601. The van der Waals surface area contributed by atoms with E-state index in [-0.39, 0.29) is 17.9 Å². The van der Waals surface area contributed by atoms with Gasteiger partial charge in [-0.05, 0) is 31.4 Å². The SMILES string of the molecule is COc1cc(N[C@H](C)C(=O)NCC(C)C)ccc1N1CCCC1=O. The smallest absolute Gasteiger partial charge is 0.242 e. The summed E-state index contributed by atoms with van der Waals surface area (Å²) in [6.45, 7) is 7.31. The van der Waals surface area contributed by atoms with E-state index in [9.17, 15) is 9.59 Å². The van der Waals surface area contributed by atoms with Gasteiger partial charge in [0.05, 0.1) is 12.8 Å². The Balaban J connectivity index is 2.06. The first-order valence-corrected chi connectivity index (χ1v) is 8.45. The van der Waals surface area contributed by atoms with Gasteiger partial charge in [-0.25, -0.2) is 0 Å². The summed E-state index contributed by atoms with van der Waals surface area (Å²) in [5.74, 6) is 1.13. The summed E-state index contributed by atoms with van der Waals surface area (Å²) in [5.41, 5.74) is 1.57. The third-order valence-corrected chi connectivity index (χ3v) is 4.00. The summed E-state index contributed by atoms with van der Waals surface area (Å²) in [6.07, 6.45) is 1.45. The number of carbonyl (C=O) groups is 2. The van der Waals surface area contributed by atoms with Crippen LogP contribution in [0.4, 0.5) is 11.4 Å². The number of carbonyl (C=O) groups excluding carboxylic acids is 2. The van der Waals surface area contributed by atoms with Crippen molar-refractivity contribution in [3.63, 3.8) is 0 Å². The molecule has 2 amide bonds. The molecule has 2 rings (SSSR count). The molecule has 132 valence electrons. The number of benzene rings is 1. The summed E-state index contributed by atoms with van der Waals surface area (Å²) >= 11 is 0. The van der Waals surface area contributed by atoms with Crippen molar-refractivity contribution in [2.75, 3.05) is 30.4 Å². The van der Waals surface area contributed by atoms with Crippen LogP contribution in [-0.4, -0.2) is 38.1 Å². The van der Waals surface area contributed by atoms with E-state index < -0.39 is 0 Å². The molecule has 1 saturated heterocycles. The van der Waals surface area contributed by atoms with E-state index in [0.717, 1.165) is 24.3 Å². The lowest BCUT2D eigenvalue weighted by molar-refractivity contribution is -0.121. The van der Waals surface area contributed by atoms with E-state index in [1.54, 1.807) is 12.0 Å². The molecule has 0 unspecified atom stereocenters. The Morgan fingerprint density at radius 1 is 1.33 bits per heavy atom. The molecule has 0 spiro atoms. The van der Waals surface area contributed by atoms with Gasteiger partial charge < -0.3 is 20.3 Å². The van der Waals surface area contributed by atoms with E-state index in [1.165, 1.54) is 0 Å². The van der Waals surface area contributed by atoms with Crippen molar-refractivity contribution in [2.24, 2.45) is 5.92 Å². The lowest BCUT2D eigenvalue weighted by Gasteiger charge is -2.21. The standard InChI is InChI=1S/C18H27N3O3/c1-12(2)11-19-18(23)13(3)20-14-7-8-15(16(10-14)24-4)21-9-5-6-17(21)22/h7-8,10,12-13,20H,5-6,9,11H2,1-4H3,(H,19,23)/t13-/m1/s1. The van der Waals surface area contributed by atoms with Crippen molar-refractivity contribution in [2.45, 2.75) is 39.7 Å². The van der Waals surface area contributed by atoms with Gasteiger partial charge >= 0.3 is 0 Å². The van der Waals surface area contributed by atoms with Crippen LogP contribution in [0.2, 0.25) is 0 Å². The molecule has 0 aliphatic carbocycles. The number of nitrogens with zero attached hydrogens (tertiary/aromatic N) is 1. The van der Waals surface area contributed by atoms with E-state index in [1.807, 2.05) is 25.1 Å². The van der Waals surface area contributed by atoms with Gasteiger partial charge in [0.1, 0.15) is 11.8 Å². The van der Waals surface area contributed by atoms with Gasteiger partial charge in [0.25, 0.3) is 0 Å². The van der Waals surface area contributed by atoms with Crippen LogP contribution in [0.1, 0.15) is 33.6 Å². The van der Waals surface area contributed by atoms with Crippen LogP contribution >= 0.6 is 0 Å². The molecule has 2 N–H and O–H groups in total. The zero-order valence-electron chi connectivity index (χ0n) is 14.9. The van der Waals surface area contributed by atoms with Gasteiger partial charge in [-0.15, -0.1) is 0 Å². The highest BCUT2D eigenvalue weighted by Gasteiger charge is 2.24. The van der Waals surface area contributed by atoms with Crippen LogP contribution in [0.5, 0.6) is 5.75 Å². The normalized spacial score (nSPS) is 15.5. The lowest BCUT2D eigenvalue weighted by atomic mass is 10.2. The second-order valence-electron chi connectivity index (χ2n) is 6.54. The number of ether oxygens (including phenoxy) is 1. The number of hydrogen-bond acceptors (Lipinski definition) is 4. The van der Waals surface area contributed by atoms with Crippen molar-refractivity contribution < 1.29 is 14.3 Å². The van der Waals surface area contributed by atoms with Crippen molar-refractivity contribution in [3.05, 3.63) is 18.2 Å². The number of nitrogens with one attached hydrogen (secondary N) is 2. The molecule has 0 bridgehead atoms. The second-order valence-corrected chi connectivity index (χ2v) is 6.54. The van der Waals surface area contributed by atoms with Crippen molar-refractivity contribution in [3.8, 4) is 5.75 Å². The minimum atomic E-state index is -0.354. The van der Waals surface area contributed by atoms with Crippen LogP contribution < -0.4 is 20.3 Å². The largest absolute Gasteiger partial charge is 0.494 e. The maximum atomic E-state index is 12.1. The predicted octanol–water partition coefficient (Wildman–Crippen LogP) is 2.39. The molecule has 6 heteroatoms. The zero-order chi connectivity index (χ0) is 17.7. The zero-order valence-corrected chi connectivity index (χ0v) is 14.9. The van der Waals surface area contributed by atoms with Gasteiger partial charge in [-0.2, -0.15) is 0 Å². The van der Waals surface area contributed by atoms with Gasteiger partial charge in [0, 0.05) is 31.3 Å². The first-order chi connectivity index (χ1) is 11.4. The summed E-state index contributed by atoms with van der Waals surface area (Å²) in [4.78, 5) is 25.7. The molecule has 1 aromatic carbocycles. The predicted molar refractivity (Wildman–Crippen MR) is 95.5 cm³/mol. The minimum Gasteiger partial charge on any atom is -0.494 e. The fourth-order valence-corrected chi connectivity index (χ4v) is 2.67. The molecule has 0 saturated carbocycles. The van der Waals surface area contributed by atoms with Crippen LogP contribution in [0.3, 0.4) is 0 Å². The van der Waals surface area contributed by atoms with E-state index in [2.05, 4.69) is 24.5 Å². The molecule has 0 radical (unpaired) electrons. The number of amides is 2. The molecule has 6 nitrogen and oxygen atoms in total. The fourth-order valence-electron chi connectivity index (χ4n) is 2.67. The molecule has 1 aliphatic rings. The lowest BCUT2D eigenvalue weighted by Crippen LogP contribution is -2.39. The Morgan fingerprint density at radius 3 is 2.67 bits per heavy atom. The molecular formula is C18H27N3O3. The monoisotopic (exact) mass is 333 g/mol. The summed E-state index contributed by atoms with van der Waals surface area (Å²) in [5, 5.41) is 6.08. The molecule has 1 aromatic rings. The Kier molecular flexibility index (Phi) is 6.06. The Labute approximate surface area is 143 Å². The maximum Gasteiger partial charge on any atom is 0.242 e. The summed E-state index contributed by atoms with van der Waals surface area (Å²) < 4.78 is 5.43. The third kappa shape index (κ3) is 4.40. The average molecular weight is 333 g/mol. The molecule has 1 fully saturated rings. The van der Waals surface area contributed by atoms with Crippen LogP contribution in [0, 0.1) is 5.92 Å². The number of methoxy groups -OCH3 is 1. The van der Waals surface area contributed by atoms with Crippen molar-refractivity contribution in [1.82, 2.24) is 5.32 Å². The minimum absolute atomic E-state index is 0.0403. The van der Waals surface area contributed by atoms with Crippen LogP contribution in [0.25, 0.3) is 0 Å². The molecule has 24 heavy (non-hydrogen) atoms. The third-order valence-electron chi connectivity index (χ3n) is 4.00. The van der Waals surface area contributed by atoms with E-state index >= 15 is 0 Å². The Morgan fingerprint density at radius 2 is 2.08 bits per heavy atom. The highest BCUT2D eigenvalue weighted by Crippen LogP contribution is 2.33. The first-order valence-electron chi connectivity index (χ1n) is 8.45. The molecular weight excluding hydrogens is 306 g/mol. The number of anilines is 2. The van der Waals surface area contributed by atoms with E-state index in [0.29, 0.717) is 24.6 Å². The van der Waals surface area contributed by atoms with Gasteiger partial charge in [0.15, 0.2) is 0 Å². The number of rotatable bonds is 7. The molecule has 1 atom stereocenters. The van der Waals surface area contributed by atoms with Gasteiger partial charge in [-0.1, -0.05) is 13.8 Å². The van der Waals surface area contributed by atoms with Crippen LogP contribution in [-0.2, 0) is 9.59 Å². The van der Waals surface area contributed by atoms with Crippen molar-refractivity contribution in [1.29, 1.82) is 0 Å². The topological polar surface area (TPSA) is 70.7 Å². The highest BCUT2D eigenvalue weighted by molar-refractivity contribution is 5.97.